The van der Waals surface area contributed by atoms with Gasteiger partial charge in [0.1, 0.15) is 5.75 Å². The molecule has 0 saturated heterocycles. The number of hydrogen-bond acceptors (Lipinski definition) is 2. The van der Waals surface area contributed by atoms with Crippen LogP contribution in [0.4, 0.5) is 5.69 Å². The van der Waals surface area contributed by atoms with Crippen LogP contribution in [0, 0.1) is 6.92 Å². The highest BCUT2D eigenvalue weighted by atomic mass is 79.9. The number of rotatable bonds is 5. The molecule has 134 valence electrons. The third-order valence-corrected chi connectivity index (χ3v) is 4.78. The van der Waals surface area contributed by atoms with Crippen molar-refractivity contribution < 1.29 is 9.53 Å². The summed E-state index contributed by atoms with van der Waals surface area (Å²) >= 11 is 3.53. The fraction of sp³-hybridized carbons (Fsp3) is 0.381. The minimum atomic E-state index is -0.157. The number of halogens is 1. The largest absolute Gasteiger partial charge is 0.483 e. The van der Waals surface area contributed by atoms with Crippen molar-refractivity contribution in [2.75, 3.05) is 11.9 Å². The highest BCUT2D eigenvalue weighted by Crippen LogP contribution is 2.31. The molecule has 1 N–H and O–H groups in total. The quantitative estimate of drug-likeness (QED) is 0.701. The molecule has 0 heterocycles. The Bertz CT molecular complexity index is 763. The van der Waals surface area contributed by atoms with Gasteiger partial charge >= 0.3 is 0 Å². The number of carbonyl (C=O) groups is 1. The smallest absolute Gasteiger partial charge is 0.262 e. The Balaban J connectivity index is 2.04. The van der Waals surface area contributed by atoms with Gasteiger partial charge in [-0.25, -0.2) is 0 Å². The molecule has 0 unspecified atom stereocenters. The second-order valence-electron chi connectivity index (χ2n) is 7.19. The van der Waals surface area contributed by atoms with Crippen molar-refractivity contribution in [2.24, 2.45) is 0 Å². The number of amides is 1. The van der Waals surface area contributed by atoms with Crippen molar-refractivity contribution >= 4 is 27.5 Å². The van der Waals surface area contributed by atoms with E-state index in [1.807, 2.05) is 43.3 Å². The van der Waals surface area contributed by atoms with Crippen LogP contribution in [-0.2, 0) is 16.6 Å². The Labute approximate surface area is 158 Å². The Kier molecular flexibility index (Phi) is 6.28. The van der Waals surface area contributed by atoms with E-state index in [0.29, 0.717) is 5.75 Å². The molecule has 0 bridgehead atoms. The highest BCUT2D eigenvalue weighted by Gasteiger charge is 2.16. The van der Waals surface area contributed by atoms with Gasteiger partial charge in [0.05, 0.1) is 4.47 Å². The summed E-state index contributed by atoms with van der Waals surface area (Å²) < 4.78 is 6.55. The van der Waals surface area contributed by atoms with Gasteiger partial charge in [-0.2, -0.15) is 0 Å². The van der Waals surface area contributed by atoms with E-state index in [-0.39, 0.29) is 17.9 Å². The number of hydrogen-bond donors (Lipinski definition) is 1. The molecule has 0 atom stereocenters. The molecule has 2 rings (SSSR count). The fourth-order valence-corrected chi connectivity index (χ4v) is 3.10. The van der Waals surface area contributed by atoms with Crippen molar-refractivity contribution in [3.63, 3.8) is 0 Å². The summed E-state index contributed by atoms with van der Waals surface area (Å²) in [5.41, 5.74) is 4.36. The summed E-state index contributed by atoms with van der Waals surface area (Å²) in [7, 11) is 0. The molecular weight excluding hydrogens is 378 g/mol. The lowest BCUT2D eigenvalue weighted by molar-refractivity contribution is -0.118. The molecule has 0 aliphatic carbocycles. The van der Waals surface area contributed by atoms with Crippen LogP contribution in [0.1, 0.15) is 44.4 Å². The summed E-state index contributed by atoms with van der Waals surface area (Å²) in [6.45, 7) is 10.5. The van der Waals surface area contributed by atoms with Gasteiger partial charge < -0.3 is 10.1 Å². The first kappa shape index (κ1) is 19.5. The lowest BCUT2D eigenvalue weighted by Crippen LogP contribution is -2.21. The minimum Gasteiger partial charge on any atom is -0.483 e. The molecule has 0 aromatic heterocycles. The zero-order valence-corrected chi connectivity index (χ0v) is 17.2. The molecule has 0 fully saturated rings. The molecule has 4 heteroatoms. The third-order valence-electron chi connectivity index (χ3n) is 4.16. The van der Waals surface area contributed by atoms with E-state index in [2.05, 4.69) is 48.9 Å². The number of anilines is 1. The molecule has 0 aliphatic rings. The molecule has 3 nitrogen and oxygen atoms in total. The predicted octanol–water partition coefficient (Wildman–Crippen LogP) is 5.63. The Hall–Kier alpha value is -1.81. The first-order chi connectivity index (χ1) is 11.7. The van der Waals surface area contributed by atoms with Crippen LogP contribution in [0.25, 0.3) is 0 Å². The van der Waals surface area contributed by atoms with Crippen LogP contribution < -0.4 is 10.1 Å². The zero-order chi connectivity index (χ0) is 18.6. The number of para-hydroxylation sites is 1. The molecule has 0 aliphatic heterocycles. The van der Waals surface area contributed by atoms with Gasteiger partial charge in [0.2, 0.25) is 0 Å². The second-order valence-corrected chi connectivity index (χ2v) is 8.05. The fourth-order valence-electron chi connectivity index (χ4n) is 2.61. The van der Waals surface area contributed by atoms with Crippen LogP contribution >= 0.6 is 15.9 Å². The van der Waals surface area contributed by atoms with Crippen molar-refractivity contribution in [3.05, 3.63) is 57.6 Å². The van der Waals surface area contributed by atoms with Gasteiger partial charge in [-0.15, -0.1) is 0 Å². The molecule has 2 aromatic rings. The monoisotopic (exact) mass is 403 g/mol. The maximum Gasteiger partial charge on any atom is 0.262 e. The van der Waals surface area contributed by atoms with Crippen molar-refractivity contribution in [2.45, 2.75) is 46.5 Å². The number of nitrogens with one attached hydrogen (secondary N) is 1. The molecule has 1 amide bonds. The molecule has 25 heavy (non-hydrogen) atoms. The van der Waals surface area contributed by atoms with Crippen molar-refractivity contribution in [1.82, 2.24) is 0 Å². The number of ether oxygens (including phenoxy) is 1. The second kappa shape index (κ2) is 8.05. The maximum atomic E-state index is 12.3. The summed E-state index contributed by atoms with van der Waals surface area (Å²) in [6.07, 6.45) is 0.873. The average molecular weight is 404 g/mol. The first-order valence-electron chi connectivity index (χ1n) is 8.53. The Morgan fingerprint density at radius 1 is 1.20 bits per heavy atom. The topological polar surface area (TPSA) is 38.3 Å². The van der Waals surface area contributed by atoms with Gasteiger partial charge in [0.15, 0.2) is 6.61 Å². The summed E-state index contributed by atoms with van der Waals surface area (Å²) in [5.74, 6) is 0.513. The summed E-state index contributed by atoms with van der Waals surface area (Å²) in [5, 5.41) is 2.98. The number of benzene rings is 2. The van der Waals surface area contributed by atoms with Crippen molar-refractivity contribution in [3.8, 4) is 5.75 Å². The maximum absolute atomic E-state index is 12.3. The lowest BCUT2D eigenvalue weighted by Gasteiger charge is -2.20. The zero-order valence-electron chi connectivity index (χ0n) is 15.6. The van der Waals surface area contributed by atoms with E-state index in [1.165, 1.54) is 5.56 Å². The highest BCUT2D eigenvalue weighted by molar-refractivity contribution is 9.10. The van der Waals surface area contributed by atoms with E-state index in [1.54, 1.807) is 0 Å². The van der Waals surface area contributed by atoms with Crippen LogP contribution in [-0.4, -0.2) is 12.5 Å². The molecule has 0 spiro atoms. The van der Waals surface area contributed by atoms with E-state index >= 15 is 0 Å². The van der Waals surface area contributed by atoms with Crippen LogP contribution in [0.2, 0.25) is 0 Å². The minimum absolute atomic E-state index is 0.0229. The standard InChI is InChI=1S/C21H26BrNO2/c1-6-15-9-7-8-14(2)20(15)23-19(24)13-25-18-11-10-16(12-17(18)22)21(3,4)5/h7-12H,6,13H2,1-5H3,(H,23,24). The normalized spacial score (nSPS) is 11.3. The molecule has 0 radical (unpaired) electrons. The van der Waals surface area contributed by atoms with Gasteiger partial charge in [-0.1, -0.05) is 52.0 Å². The van der Waals surface area contributed by atoms with Gasteiger partial charge in [-0.05, 0) is 63.5 Å². The summed E-state index contributed by atoms with van der Waals surface area (Å²) in [4.78, 5) is 12.3. The van der Waals surface area contributed by atoms with Crippen molar-refractivity contribution in [1.29, 1.82) is 0 Å². The van der Waals surface area contributed by atoms with Gasteiger partial charge in [0, 0.05) is 5.69 Å². The van der Waals surface area contributed by atoms with Crippen LogP contribution in [0.3, 0.4) is 0 Å². The third kappa shape index (κ3) is 5.08. The average Bonchev–Trinajstić information content (AvgIpc) is 2.54. The van der Waals surface area contributed by atoms with Crippen LogP contribution in [0.15, 0.2) is 40.9 Å². The predicted molar refractivity (Wildman–Crippen MR) is 108 cm³/mol. The molecular formula is C21H26BrNO2. The van der Waals surface area contributed by atoms with Gasteiger partial charge in [0.25, 0.3) is 5.91 Å². The van der Waals surface area contributed by atoms with E-state index < -0.39 is 0 Å². The van der Waals surface area contributed by atoms with E-state index in [4.69, 9.17) is 4.74 Å². The SMILES string of the molecule is CCc1cccc(C)c1NC(=O)COc1ccc(C(C)(C)C)cc1Br. The lowest BCUT2D eigenvalue weighted by atomic mass is 9.87. The number of carbonyl (C=O) groups excluding carboxylic acids is 1. The molecule has 0 saturated carbocycles. The van der Waals surface area contributed by atoms with Gasteiger partial charge in [-0.3, -0.25) is 4.79 Å². The number of aryl methyl sites for hydroxylation is 2. The summed E-state index contributed by atoms with van der Waals surface area (Å²) in [6, 6.07) is 12.0. The molecule has 2 aromatic carbocycles. The first-order valence-corrected chi connectivity index (χ1v) is 9.33. The van der Waals surface area contributed by atoms with E-state index in [9.17, 15) is 4.79 Å². The Morgan fingerprint density at radius 2 is 1.92 bits per heavy atom. The van der Waals surface area contributed by atoms with E-state index in [0.717, 1.165) is 27.7 Å². The van der Waals surface area contributed by atoms with Crippen LogP contribution in [0.5, 0.6) is 5.75 Å². The Morgan fingerprint density at radius 3 is 2.52 bits per heavy atom.